The van der Waals surface area contributed by atoms with Crippen LogP contribution in [0.2, 0.25) is 10.0 Å². The molecule has 1 N–H and O–H groups in total. The van der Waals surface area contributed by atoms with Crippen molar-refractivity contribution in [3.8, 4) is 11.3 Å². The number of hydrogen-bond acceptors (Lipinski definition) is 5. The van der Waals surface area contributed by atoms with Gasteiger partial charge in [-0.3, -0.25) is 4.79 Å². The standard InChI is InChI=1S/C29H30Cl2FNO4S.2Na/c1-4-18(5-2)15-37-11-7-9-19-8-6-10-21(26(19)32)25-16-38-28(33-25)27(34)20-13-23(30)22(24(31)14-20)12-17(3)29(35)36;;/h6,8,10,12-14,16,18H,4-5,7,9,11,15H2,1-3H3,(H,35,36);;. The topological polar surface area (TPSA) is 76.5 Å². The van der Waals surface area contributed by atoms with E-state index in [9.17, 15) is 9.59 Å². The second-order valence-corrected chi connectivity index (χ2v) is 10.7. The summed E-state index contributed by atoms with van der Waals surface area (Å²) in [5.74, 6) is -1.32. The molecule has 0 unspecified atom stereocenters. The quantitative estimate of drug-likeness (QED) is 0.0918. The van der Waals surface area contributed by atoms with Gasteiger partial charge in [0.05, 0.1) is 15.7 Å². The van der Waals surface area contributed by atoms with E-state index < -0.39 is 11.8 Å². The van der Waals surface area contributed by atoms with E-state index in [1.807, 2.05) is 0 Å². The van der Waals surface area contributed by atoms with Crippen molar-refractivity contribution in [2.24, 2.45) is 5.92 Å². The molecule has 3 aromatic rings. The van der Waals surface area contributed by atoms with Gasteiger partial charge in [0, 0.05) is 100.0 Å². The van der Waals surface area contributed by atoms with Crippen molar-refractivity contribution in [1.82, 2.24) is 4.98 Å². The number of aryl methyl sites for hydroxylation is 1. The van der Waals surface area contributed by atoms with E-state index in [1.54, 1.807) is 23.6 Å². The number of carbonyl (C=O) groups is 2. The Balaban J connectivity index is 0.00000400. The smallest absolute Gasteiger partial charge is 0.331 e. The molecule has 2 radical (unpaired) electrons. The van der Waals surface area contributed by atoms with Crippen LogP contribution in [-0.4, -0.2) is 94.2 Å². The molecule has 40 heavy (non-hydrogen) atoms. The maximum absolute atomic E-state index is 15.3. The zero-order valence-corrected chi connectivity index (χ0v) is 29.9. The summed E-state index contributed by atoms with van der Waals surface area (Å²) in [6, 6.07) is 8.02. The van der Waals surface area contributed by atoms with Crippen LogP contribution in [0.15, 0.2) is 41.3 Å². The first-order chi connectivity index (χ1) is 18.2. The average Bonchev–Trinajstić information content (AvgIpc) is 3.38. The van der Waals surface area contributed by atoms with Gasteiger partial charge in [-0.15, -0.1) is 11.3 Å². The molecular formula is C29H30Cl2FNNa2O4S. The molecule has 204 valence electrons. The summed E-state index contributed by atoms with van der Waals surface area (Å²) in [5.41, 5.74) is 1.84. The molecule has 0 fully saturated rings. The number of nitrogens with zero attached hydrogens (tertiary/aromatic N) is 1. The van der Waals surface area contributed by atoms with Gasteiger partial charge in [0.15, 0.2) is 5.01 Å². The number of aromatic nitrogens is 1. The van der Waals surface area contributed by atoms with Gasteiger partial charge in [0.25, 0.3) is 0 Å². The van der Waals surface area contributed by atoms with Gasteiger partial charge in [-0.1, -0.05) is 62.0 Å². The Hall–Kier alpha value is -0.580. The van der Waals surface area contributed by atoms with E-state index in [4.69, 9.17) is 33.0 Å². The summed E-state index contributed by atoms with van der Waals surface area (Å²) in [5, 5.41) is 11.2. The molecule has 0 spiro atoms. The van der Waals surface area contributed by atoms with Gasteiger partial charge in [-0.25, -0.2) is 14.2 Å². The summed E-state index contributed by atoms with van der Waals surface area (Å²) in [6.07, 6.45) is 4.76. The molecule has 0 bridgehead atoms. The molecule has 0 saturated heterocycles. The maximum Gasteiger partial charge on any atom is 0.331 e. The van der Waals surface area contributed by atoms with E-state index in [1.165, 1.54) is 25.1 Å². The van der Waals surface area contributed by atoms with E-state index in [0.29, 0.717) is 47.8 Å². The fourth-order valence-corrected chi connectivity index (χ4v) is 5.24. The molecule has 1 heterocycles. The van der Waals surface area contributed by atoms with Crippen molar-refractivity contribution in [2.45, 2.75) is 46.5 Å². The Labute approximate surface area is 293 Å². The third kappa shape index (κ3) is 10.0. The van der Waals surface area contributed by atoms with Crippen molar-refractivity contribution in [3.05, 3.63) is 78.8 Å². The number of benzene rings is 2. The van der Waals surface area contributed by atoms with Gasteiger partial charge in [0.2, 0.25) is 5.78 Å². The van der Waals surface area contributed by atoms with E-state index in [0.717, 1.165) is 30.8 Å². The Bertz CT molecular complexity index is 1320. The molecule has 3 rings (SSSR count). The second kappa shape index (κ2) is 18.2. The first kappa shape index (κ1) is 37.4. The molecule has 5 nitrogen and oxygen atoms in total. The van der Waals surface area contributed by atoms with Crippen molar-refractivity contribution >= 4 is 111 Å². The number of hydrogen-bond donors (Lipinski definition) is 1. The number of ether oxygens (including phenoxy) is 1. The zero-order chi connectivity index (χ0) is 27.8. The third-order valence-electron chi connectivity index (χ3n) is 6.34. The normalized spacial score (nSPS) is 11.2. The largest absolute Gasteiger partial charge is 0.478 e. The molecule has 0 aliphatic carbocycles. The Morgan fingerprint density at radius 2 is 1.80 bits per heavy atom. The van der Waals surface area contributed by atoms with Crippen LogP contribution in [0, 0.1) is 11.7 Å². The number of carbonyl (C=O) groups excluding carboxylic acids is 1. The minimum absolute atomic E-state index is 0. The SMILES string of the molecule is CCC(CC)COCCCc1cccc(-c2csc(C(=O)c3cc(Cl)c(C=C(C)C(=O)O)c(Cl)c3)n2)c1F.[Na].[Na]. The first-order valence-corrected chi connectivity index (χ1v) is 14.1. The fourth-order valence-electron chi connectivity index (χ4n) is 3.87. The molecule has 0 aliphatic rings. The van der Waals surface area contributed by atoms with Crippen LogP contribution in [0.25, 0.3) is 17.3 Å². The Morgan fingerprint density at radius 1 is 1.15 bits per heavy atom. The van der Waals surface area contributed by atoms with Gasteiger partial charge in [-0.05, 0) is 55.5 Å². The van der Waals surface area contributed by atoms with E-state index in [2.05, 4.69) is 18.8 Å². The molecule has 11 heteroatoms. The molecule has 1 aromatic heterocycles. The van der Waals surface area contributed by atoms with Gasteiger partial charge >= 0.3 is 5.97 Å². The molecule has 2 aromatic carbocycles. The summed E-state index contributed by atoms with van der Waals surface area (Å²) >= 11 is 13.7. The van der Waals surface area contributed by atoms with Crippen LogP contribution >= 0.6 is 34.5 Å². The predicted octanol–water partition coefficient (Wildman–Crippen LogP) is 7.60. The molecule has 0 aliphatic heterocycles. The first-order valence-electron chi connectivity index (χ1n) is 12.4. The van der Waals surface area contributed by atoms with Crippen molar-refractivity contribution < 1.29 is 23.8 Å². The van der Waals surface area contributed by atoms with Crippen LogP contribution in [-0.2, 0) is 16.0 Å². The number of carboxylic acid groups (broad SMARTS) is 1. The van der Waals surface area contributed by atoms with Crippen molar-refractivity contribution in [3.63, 3.8) is 0 Å². The Kier molecular flexibility index (Phi) is 17.0. The molecule has 0 atom stereocenters. The van der Waals surface area contributed by atoms with Crippen molar-refractivity contribution in [2.75, 3.05) is 13.2 Å². The number of ketones is 1. The minimum Gasteiger partial charge on any atom is -0.478 e. The number of halogens is 3. The molecular weight excluding hydrogens is 594 g/mol. The van der Waals surface area contributed by atoms with Crippen LogP contribution in [0.4, 0.5) is 4.39 Å². The van der Waals surface area contributed by atoms with Gasteiger partial charge < -0.3 is 9.84 Å². The zero-order valence-electron chi connectivity index (χ0n) is 23.5. The minimum atomic E-state index is -1.10. The average molecular weight is 625 g/mol. The fraction of sp³-hybridized carbons (Fsp3) is 0.345. The number of aliphatic carboxylic acids is 1. The van der Waals surface area contributed by atoms with Crippen LogP contribution in [0.3, 0.4) is 0 Å². The number of carboxylic acids is 1. The summed E-state index contributed by atoms with van der Waals surface area (Å²) < 4.78 is 21.1. The number of thiazole rings is 1. The summed E-state index contributed by atoms with van der Waals surface area (Å²) in [4.78, 5) is 28.6. The van der Waals surface area contributed by atoms with Crippen LogP contribution in [0.1, 0.15) is 66.5 Å². The van der Waals surface area contributed by atoms with E-state index in [-0.39, 0.29) is 91.1 Å². The predicted molar refractivity (Wildman–Crippen MR) is 163 cm³/mol. The van der Waals surface area contributed by atoms with Gasteiger partial charge in [0.1, 0.15) is 5.82 Å². The second-order valence-electron chi connectivity index (χ2n) is 8.99. The summed E-state index contributed by atoms with van der Waals surface area (Å²) in [6.45, 7) is 7.02. The summed E-state index contributed by atoms with van der Waals surface area (Å²) in [7, 11) is 0. The van der Waals surface area contributed by atoms with Crippen LogP contribution in [0.5, 0.6) is 0 Å². The maximum atomic E-state index is 15.3. The monoisotopic (exact) mass is 623 g/mol. The Morgan fingerprint density at radius 3 is 2.40 bits per heavy atom. The number of rotatable bonds is 13. The van der Waals surface area contributed by atoms with Crippen molar-refractivity contribution in [1.29, 1.82) is 0 Å². The van der Waals surface area contributed by atoms with E-state index >= 15 is 4.39 Å². The molecule has 0 amide bonds. The third-order valence-corrected chi connectivity index (χ3v) is 7.80. The molecule has 0 saturated carbocycles. The van der Waals surface area contributed by atoms with Gasteiger partial charge in [-0.2, -0.15) is 0 Å². The van der Waals surface area contributed by atoms with Crippen LogP contribution < -0.4 is 0 Å².